The summed E-state index contributed by atoms with van der Waals surface area (Å²) in [6.07, 6.45) is 13.4. The van der Waals surface area contributed by atoms with Crippen LogP contribution in [0.2, 0.25) is 0 Å². The average Bonchev–Trinajstić information content (AvgIpc) is 2.05. The maximum Gasteiger partial charge on any atom is 0.00860 e. The zero-order valence-corrected chi connectivity index (χ0v) is 8.41. The van der Waals surface area contributed by atoms with Gasteiger partial charge in [0.25, 0.3) is 0 Å². The van der Waals surface area contributed by atoms with Crippen molar-refractivity contribution in [3.8, 4) is 12.3 Å². The summed E-state index contributed by atoms with van der Waals surface area (Å²) in [5, 5.41) is 0.854. The Morgan fingerprint density at radius 3 is 2.64 bits per heavy atom. The topological polar surface area (TPSA) is 0 Å². The highest BCUT2D eigenvalue weighted by atomic mass is 32.2. The summed E-state index contributed by atoms with van der Waals surface area (Å²) in [7, 11) is 0. The molecule has 0 aliphatic rings. The van der Waals surface area contributed by atoms with Crippen LogP contribution in [0.1, 0.15) is 39.0 Å². The molecule has 0 fully saturated rings. The van der Waals surface area contributed by atoms with E-state index in [1.54, 1.807) is 0 Å². The fourth-order valence-electron chi connectivity index (χ4n) is 1.09. The van der Waals surface area contributed by atoms with Gasteiger partial charge >= 0.3 is 0 Å². The summed E-state index contributed by atoms with van der Waals surface area (Å²) in [4.78, 5) is 0. The van der Waals surface area contributed by atoms with Crippen molar-refractivity contribution in [2.24, 2.45) is 0 Å². The molecule has 0 saturated carbocycles. The van der Waals surface area contributed by atoms with Crippen LogP contribution in [0.15, 0.2) is 0 Å². The smallest absolute Gasteiger partial charge is 0.00860 e. The predicted molar refractivity (Wildman–Crippen MR) is 54.9 cm³/mol. The van der Waals surface area contributed by atoms with E-state index in [4.69, 9.17) is 6.42 Å². The molecule has 0 amide bonds. The van der Waals surface area contributed by atoms with Gasteiger partial charge in [-0.2, -0.15) is 11.8 Å². The standard InChI is InChI=1S/C10H18S/c1-4-6-7-8-9-10(5-2)11-3/h1,10H,5-9H2,2-3H3. The van der Waals surface area contributed by atoms with Crippen LogP contribution >= 0.6 is 11.8 Å². The van der Waals surface area contributed by atoms with E-state index >= 15 is 0 Å². The van der Waals surface area contributed by atoms with Crippen LogP contribution in [0.25, 0.3) is 0 Å². The van der Waals surface area contributed by atoms with E-state index < -0.39 is 0 Å². The molecule has 11 heavy (non-hydrogen) atoms. The third-order valence-electron chi connectivity index (χ3n) is 1.89. The summed E-state index contributed by atoms with van der Waals surface area (Å²) in [6, 6.07) is 0. The summed E-state index contributed by atoms with van der Waals surface area (Å²) in [5.41, 5.74) is 0. The Labute approximate surface area is 75.1 Å². The first-order valence-corrected chi connectivity index (χ1v) is 5.60. The van der Waals surface area contributed by atoms with Crippen LogP contribution in [0.5, 0.6) is 0 Å². The van der Waals surface area contributed by atoms with Crippen LogP contribution in [0.4, 0.5) is 0 Å². The Morgan fingerprint density at radius 2 is 2.18 bits per heavy atom. The third kappa shape index (κ3) is 6.31. The minimum atomic E-state index is 0.854. The first-order valence-electron chi connectivity index (χ1n) is 4.31. The molecule has 0 spiro atoms. The van der Waals surface area contributed by atoms with E-state index in [0.29, 0.717) is 0 Å². The summed E-state index contributed by atoms with van der Waals surface area (Å²) < 4.78 is 0. The van der Waals surface area contributed by atoms with Gasteiger partial charge in [-0.05, 0) is 25.5 Å². The van der Waals surface area contributed by atoms with Gasteiger partial charge in [-0.15, -0.1) is 12.3 Å². The number of hydrogen-bond acceptors (Lipinski definition) is 1. The van der Waals surface area contributed by atoms with Gasteiger partial charge in [-0.1, -0.05) is 13.3 Å². The molecule has 1 heteroatoms. The number of rotatable bonds is 6. The van der Waals surface area contributed by atoms with Crippen LogP contribution in [0, 0.1) is 12.3 Å². The second-order valence-electron chi connectivity index (χ2n) is 2.72. The molecule has 0 aromatic carbocycles. The Hall–Kier alpha value is -0.0900. The average molecular weight is 170 g/mol. The molecule has 0 aromatic rings. The second-order valence-corrected chi connectivity index (χ2v) is 3.85. The van der Waals surface area contributed by atoms with Crippen molar-refractivity contribution in [3.63, 3.8) is 0 Å². The minimum absolute atomic E-state index is 0.854. The van der Waals surface area contributed by atoms with Gasteiger partial charge in [0, 0.05) is 11.7 Å². The summed E-state index contributed by atoms with van der Waals surface area (Å²) >= 11 is 1.98. The lowest BCUT2D eigenvalue weighted by atomic mass is 10.1. The molecule has 64 valence electrons. The Morgan fingerprint density at radius 1 is 1.45 bits per heavy atom. The van der Waals surface area contributed by atoms with Crippen molar-refractivity contribution in [3.05, 3.63) is 0 Å². The zero-order valence-electron chi connectivity index (χ0n) is 7.60. The molecule has 0 aromatic heterocycles. The number of thioether (sulfide) groups is 1. The molecule has 0 aliphatic carbocycles. The zero-order chi connectivity index (χ0) is 8.53. The van der Waals surface area contributed by atoms with E-state index in [-0.39, 0.29) is 0 Å². The van der Waals surface area contributed by atoms with Gasteiger partial charge < -0.3 is 0 Å². The highest BCUT2D eigenvalue weighted by Gasteiger charge is 2.01. The van der Waals surface area contributed by atoms with Crippen molar-refractivity contribution in [2.45, 2.75) is 44.3 Å². The lowest BCUT2D eigenvalue weighted by molar-refractivity contribution is 0.654. The Balaban J connectivity index is 3.16. The maximum absolute atomic E-state index is 5.16. The molecule has 1 atom stereocenters. The Kier molecular flexibility index (Phi) is 7.95. The fraction of sp³-hybridized carbons (Fsp3) is 0.800. The third-order valence-corrected chi connectivity index (χ3v) is 3.12. The normalized spacial score (nSPS) is 12.5. The minimum Gasteiger partial charge on any atom is -0.162 e. The quantitative estimate of drug-likeness (QED) is 0.435. The SMILES string of the molecule is C#CCCCCC(CC)SC. The van der Waals surface area contributed by atoms with E-state index in [2.05, 4.69) is 19.1 Å². The van der Waals surface area contributed by atoms with Crippen LogP contribution < -0.4 is 0 Å². The number of terminal acetylenes is 1. The molecule has 0 N–H and O–H groups in total. The summed E-state index contributed by atoms with van der Waals surface area (Å²) in [6.45, 7) is 2.25. The highest BCUT2D eigenvalue weighted by molar-refractivity contribution is 7.99. The number of hydrogen-bond donors (Lipinski definition) is 0. The van der Waals surface area contributed by atoms with E-state index in [0.717, 1.165) is 11.7 Å². The van der Waals surface area contributed by atoms with Crippen LogP contribution in [-0.4, -0.2) is 11.5 Å². The van der Waals surface area contributed by atoms with Gasteiger partial charge in [0.15, 0.2) is 0 Å². The molecule has 0 aliphatic heterocycles. The molecule has 0 rings (SSSR count). The molecule has 0 radical (unpaired) electrons. The Bertz CT molecular complexity index is 109. The van der Waals surface area contributed by atoms with Crippen molar-refractivity contribution in [2.75, 3.05) is 6.26 Å². The monoisotopic (exact) mass is 170 g/mol. The molecular weight excluding hydrogens is 152 g/mol. The van der Waals surface area contributed by atoms with Gasteiger partial charge in [-0.3, -0.25) is 0 Å². The van der Waals surface area contributed by atoms with Crippen molar-refractivity contribution >= 4 is 11.8 Å². The van der Waals surface area contributed by atoms with Gasteiger partial charge in [0.05, 0.1) is 0 Å². The molecule has 0 saturated heterocycles. The van der Waals surface area contributed by atoms with Crippen molar-refractivity contribution in [1.29, 1.82) is 0 Å². The fourth-order valence-corrected chi connectivity index (χ4v) is 1.82. The molecular formula is C10H18S. The lowest BCUT2D eigenvalue weighted by Crippen LogP contribution is -1.98. The van der Waals surface area contributed by atoms with Gasteiger partial charge in [0.2, 0.25) is 0 Å². The largest absolute Gasteiger partial charge is 0.162 e. The lowest BCUT2D eigenvalue weighted by Gasteiger charge is -2.09. The van der Waals surface area contributed by atoms with Crippen molar-refractivity contribution in [1.82, 2.24) is 0 Å². The van der Waals surface area contributed by atoms with E-state index in [1.165, 1.54) is 25.7 Å². The van der Waals surface area contributed by atoms with E-state index in [1.807, 2.05) is 11.8 Å². The maximum atomic E-state index is 5.16. The van der Waals surface area contributed by atoms with Crippen LogP contribution in [0.3, 0.4) is 0 Å². The molecule has 0 heterocycles. The summed E-state index contributed by atoms with van der Waals surface area (Å²) in [5.74, 6) is 2.67. The highest BCUT2D eigenvalue weighted by Crippen LogP contribution is 2.17. The van der Waals surface area contributed by atoms with Crippen molar-refractivity contribution < 1.29 is 0 Å². The van der Waals surface area contributed by atoms with Crippen LogP contribution in [-0.2, 0) is 0 Å². The van der Waals surface area contributed by atoms with Gasteiger partial charge in [-0.25, -0.2) is 0 Å². The predicted octanol–water partition coefficient (Wildman–Crippen LogP) is 3.32. The number of unbranched alkanes of at least 4 members (excludes halogenated alkanes) is 2. The second kappa shape index (κ2) is 8.01. The molecule has 1 unspecified atom stereocenters. The first kappa shape index (κ1) is 10.9. The molecule has 0 bridgehead atoms. The molecule has 0 nitrogen and oxygen atoms in total. The van der Waals surface area contributed by atoms with Gasteiger partial charge in [0.1, 0.15) is 0 Å². The first-order chi connectivity index (χ1) is 5.35. The van der Waals surface area contributed by atoms with E-state index in [9.17, 15) is 0 Å².